The van der Waals surface area contributed by atoms with E-state index in [2.05, 4.69) is 36.1 Å². The van der Waals surface area contributed by atoms with Gasteiger partial charge in [0.2, 0.25) is 5.91 Å². The fourth-order valence-corrected chi connectivity index (χ4v) is 4.12. The van der Waals surface area contributed by atoms with Crippen molar-refractivity contribution in [3.05, 3.63) is 58.6 Å². The number of amides is 1. The minimum Gasteiger partial charge on any atom is -0.495 e. The number of benzene rings is 2. The van der Waals surface area contributed by atoms with E-state index in [1.807, 2.05) is 17.0 Å². The van der Waals surface area contributed by atoms with E-state index >= 15 is 0 Å². The topological polar surface area (TPSA) is 32.8 Å². The lowest BCUT2D eigenvalue weighted by Gasteiger charge is -2.30. The zero-order valence-corrected chi connectivity index (χ0v) is 15.2. The summed E-state index contributed by atoms with van der Waals surface area (Å²) < 4.78 is 5.52. The lowest BCUT2D eigenvalue weighted by Crippen LogP contribution is -2.32. The van der Waals surface area contributed by atoms with Gasteiger partial charge in [0.05, 0.1) is 18.8 Å². The van der Waals surface area contributed by atoms with Gasteiger partial charge in [-0.05, 0) is 43.5 Å². The zero-order chi connectivity index (χ0) is 17.6. The number of fused-ring (bicyclic) bond motifs is 1. The van der Waals surface area contributed by atoms with Gasteiger partial charge in [0.25, 0.3) is 0 Å². The highest BCUT2D eigenvalue weighted by atomic mass is 35.5. The predicted molar refractivity (Wildman–Crippen MR) is 99.1 cm³/mol. The van der Waals surface area contributed by atoms with E-state index in [-0.39, 0.29) is 18.1 Å². The van der Waals surface area contributed by atoms with E-state index in [1.54, 1.807) is 13.2 Å². The maximum absolute atomic E-state index is 13.2. The molecule has 0 aromatic heterocycles. The van der Waals surface area contributed by atoms with Crippen LogP contribution in [0, 0.1) is 6.92 Å². The molecule has 0 radical (unpaired) electrons. The first-order valence-electron chi connectivity index (χ1n) is 8.59. The van der Waals surface area contributed by atoms with Gasteiger partial charge < -0.3 is 4.74 Å². The fraction of sp³-hybridized carbons (Fsp3) is 0.350. The smallest absolute Gasteiger partial charge is 0.246 e. The molecule has 2 fully saturated rings. The summed E-state index contributed by atoms with van der Waals surface area (Å²) in [7, 11) is 1.62. The monoisotopic (exact) mass is 356 g/mol. The van der Waals surface area contributed by atoms with Gasteiger partial charge in [-0.1, -0.05) is 41.4 Å². The van der Waals surface area contributed by atoms with Gasteiger partial charge in [0.15, 0.2) is 0 Å². The van der Waals surface area contributed by atoms with E-state index in [0.717, 1.165) is 30.6 Å². The highest BCUT2D eigenvalue weighted by Crippen LogP contribution is 2.45. The Balaban J connectivity index is 1.85. The second kappa shape index (κ2) is 6.36. The molecule has 0 saturated carbocycles. The summed E-state index contributed by atoms with van der Waals surface area (Å²) in [5, 5.41) is 0.596. The number of rotatable bonds is 3. The van der Waals surface area contributed by atoms with Crippen LogP contribution >= 0.6 is 11.6 Å². The summed E-state index contributed by atoms with van der Waals surface area (Å²) in [5.74, 6) is 0.791. The number of ether oxygens (including phenoxy) is 1. The Labute approximate surface area is 152 Å². The number of halogens is 1. The summed E-state index contributed by atoms with van der Waals surface area (Å²) in [5.41, 5.74) is 3.06. The number of hydrogen-bond acceptors (Lipinski definition) is 3. The van der Waals surface area contributed by atoms with Crippen molar-refractivity contribution in [2.75, 3.05) is 18.6 Å². The number of carbonyl (C=O) groups is 1. The highest BCUT2D eigenvalue weighted by molar-refractivity contribution is 6.31. The van der Waals surface area contributed by atoms with Crippen LogP contribution in [0.3, 0.4) is 0 Å². The molecule has 2 aromatic rings. The van der Waals surface area contributed by atoms with Gasteiger partial charge in [-0.25, -0.2) is 0 Å². The maximum Gasteiger partial charge on any atom is 0.246 e. The van der Waals surface area contributed by atoms with Crippen molar-refractivity contribution in [3.8, 4) is 5.75 Å². The summed E-state index contributed by atoms with van der Waals surface area (Å²) >= 11 is 6.23. The molecule has 130 valence electrons. The van der Waals surface area contributed by atoms with Crippen LogP contribution in [-0.4, -0.2) is 30.5 Å². The Morgan fingerprint density at radius 2 is 1.92 bits per heavy atom. The van der Waals surface area contributed by atoms with Crippen LogP contribution in [0.4, 0.5) is 5.69 Å². The summed E-state index contributed by atoms with van der Waals surface area (Å²) in [4.78, 5) is 17.4. The fourth-order valence-electron chi connectivity index (χ4n) is 3.96. The van der Waals surface area contributed by atoms with Crippen molar-refractivity contribution >= 4 is 23.2 Å². The molecular formula is C20H21ClN2O2. The molecule has 2 aliphatic rings. The third-order valence-corrected chi connectivity index (χ3v) is 5.39. The number of hydrogen-bond donors (Lipinski definition) is 0. The van der Waals surface area contributed by atoms with Crippen molar-refractivity contribution in [1.82, 2.24) is 4.90 Å². The lowest BCUT2D eigenvalue weighted by molar-refractivity contribution is -0.119. The summed E-state index contributed by atoms with van der Waals surface area (Å²) in [6.45, 7) is 2.99. The molecule has 0 N–H and O–H groups in total. The van der Waals surface area contributed by atoms with Gasteiger partial charge in [-0.2, -0.15) is 0 Å². The van der Waals surface area contributed by atoms with Gasteiger partial charge in [-0.15, -0.1) is 0 Å². The number of aryl methyl sites for hydroxylation is 1. The van der Waals surface area contributed by atoms with Gasteiger partial charge in [-0.3, -0.25) is 14.6 Å². The molecule has 2 aromatic carbocycles. The predicted octanol–water partition coefficient (Wildman–Crippen LogP) is 4.17. The number of methoxy groups -OCH3 is 1. The van der Waals surface area contributed by atoms with E-state index in [1.165, 1.54) is 5.56 Å². The molecule has 2 saturated heterocycles. The van der Waals surface area contributed by atoms with Crippen molar-refractivity contribution in [3.63, 3.8) is 0 Å². The molecule has 4 nitrogen and oxygen atoms in total. The maximum atomic E-state index is 13.2. The zero-order valence-electron chi connectivity index (χ0n) is 14.4. The molecule has 0 aliphatic carbocycles. The van der Waals surface area contributed by atoms with Crippen LogP contribution in [0.2, 0.25) is 5.02 Å². The van der Waals surface area contributed by atoms with Crippen LogP contribution in [0.25, 0.3) is 0 Å². The standard InChI is InChI=1S/C20H21ClN2O2/c1-13-5-7-14(8-6-13)19-22-11-3-4-16(22)20(24)23(19)17-12-15(21)9-10-18(17)25-2/h5-10,12,16,19H,3-4,11H2,1-2H3. The molecule has 1 amide bonds. The normalized spacial score (nSPS) is 23.2. The lowest BCUT2D eigenvalue weighted by atomic mass is 10.1. The van der Waals surface area contributed by atoms with Crippen LogP contribution in [0.1, 0.15) is 30.1 Å². The Morgan fingerprint density at radius 1 is 1.16 bits per heavy atom. The molecule has 5 heteroatoms. The minimum atomic E-state index is -0.118. The first-order valence-corrected chi connectivity index (χ1v) is 8.97. The van der Waals surface area contributed by atoms with Crippen LogP contribution < -0.4 is 9.64 Å². The third-order valence-electron chi connectivity index (χ3n) is 5.15. The Kier molecular flexibility index (Phi) is 4.18. The van der Waals surface area contributed by atoms with Crippen LogP contribution in [-0.2, 0) is 4.79 Å². The molecule has 25 heavy (non-hydrogen) atoms. The quantitative estimate of drug-likeness (QED) is 0.827. The SMILES string of the molecule is COc1ccc(Cl)cc1N1C(=O)C2CCCN2C1c1ccc(C)cc1. The van der Waals surface area contributed by atoms with Crippen molar-refractivity contribution in [2.24, 2.45) is 0 Å². The molecular weight excluding hydrogens is 336 g/mol. The summed E-state index contributed by atoms with van der Waals surface area (Å²) in [6, 6.07) is 13.8. The Morgan fingerprint density at radius 3 is 2.64 bits per heavy atom. The van der Waals surface area contributed by atoms with E-state index < -0.39 is 0 Å². The third kappa shape index (κ3) is 2.70. The van der Waals surface area contributed by atoms with E-state index in [9.17, 15) is 4.79 Å². The average Bonchev–Trinajstić information content (AvgIpc) is 3.18. The van der Waals surface area contributed by atoms with Crippen LogP contribution in [0.15, 0.2) is 42.5 Å². The Bertz CT molecular complexity index is 806. The minimum absolute atomic E-state index is 0.0602. The first-order chi connectivity index (χ1) is 12.1. The molecule has 0 bridgehead atoms. The highest BCUT2D eigenvalue weighted by Gasteiger charge is 2.50. The average molecular weight is 357 g/mol. The molecule has 2 unspecified atom stereocenters. The number of anilines is 1. The molecule has 2 aliphatic heterocycles. The molecule has 4 rings (SSSR count). The van der Waals surface area contributed by atoms with Crippen molar-refractivity contribution in [1.29, 1.82) is 0 Å². The molecule has 0 spiro atoms. The van der Waals surface area contributed by atoms with Gasteiger partial charge in [0, 0.05) is 11.6 Å². The molecule has 2 heterocycles. The van der Waals surface area contributed by atoms with Gasteiger partial charge >= 0.3 is 0 Å². The second-order valence-electron chi connectivity index (χ2n) is 6.70. The number of carbonyl (C=O) groups excluding carboxylic acids is 1. The van der Waals surface area contributed by atoms with E-state index in [0.29, 0.717) is 10.8 Å². The first kappa shape index (κ1) is 16.4. The Hall–Kier alpha value is -2.04. The summed E-state index contributed by atoms with van der Waals surface area (Å²) in [6.07, 6.45) is 1.84. The van der Waals surface area contributed by atoms with Crippen molar-refractivity contribution in [2.45, 2.75) is 32.0 Å². The van der Waals surface area contributed by atoms with Crippen LogP contribution in [0.5, 0.6) is 5.75 Å². The van der Waals surface area contributed by atoms with Gasteiger partial charge in [0.1, 0.15) is 11.9 Å². The molecule has 2 atom stereocenters. The largest absolute Gasteiger partial charge is 0.495 e. The van der Waals surface area contributed by atoms with E-state index in [4.69, 9.17) is 16.3 Å². The van der Waals surface area contributed by atoms with Crippen molar-refractivity contribution < 1.29 is 9.53 Å². The number of nitrogens with zero attached hydrogens (tertiary/aromatic N) is 2. The second-order valence-corrected chi connectivity index (χ2v) is 7.14.